The first-order chi connectivity index (χ1) is 14.7. The summed E-state index contributed by atoms with van der Waals surface area (Å²) in [6, 6.07) is 8.02. The molecule has 1 fully saturated rings. The molecule has 0 spiro atoms. The van der Waals surface area contributed by atoms with Crippen LogP contribution in [0.4, 0.5) is 5.82 Å². The Morgan fingerprint density at radius 2 is 2.13 bits per heavy atom. The summed E-state index contributed by atoms with van der Waals surface area (Å²) >= 11 is 0. The highest BCUT2D eigenvalue weighted by atomic mass is 16.5. The van der Waals surface area contributed by atoms with Crippen LogP contribution in [0, 0.1) is 12.8 Å². The van der Waals surface area contributed by atoms with Gasteiger partial charge in [0, 0.05) is 19.6 Å². The molecule has 2 aromatic heterocycles. The highest BCUT2D eigenvalue weighted by Crippen LogP contribution is 2.29. The second kappa shape index (κ2) is 9.11. The molecule has 0 saturated carbocycles. The summed E-state index contributed by atoms with van der Waals surface area (Å²) in [5.41, 5.74) is 2.43. The van der Waals surface area contributed by atoms with Gasteiger partial charge in [0.05, 0.1) is 18.2 Å². The number of ether oxygens (including phenoxy) is 1. The Kier molecular flexibility index (Phi) is 6.11. The number of aromatic nitrogens is 3. The molecule has 158 valence electrons. The molecule has 0 bridgehead atoms. The molecule has 4 rings (SSSR count). The molecule has 0 unspecified atom stereocenters. The van der Waals surface area contributed by atoms with Gasteiger partial charge in [-0.2, -0.15) is 4.98 Å². The first kappa shape index (κ1) is 20.1. The van der Waals surface area contributed by atoms with Crippen LogP contribution in [-0.4, -0.2) is 47.3 Å². The van der Waals surface area contributed by atoms with Gasteiger partial charge in [0.25, 0.3) is 5.71 Å². The van der Waals surface area contributed by atoms with Gasteiger partial charge in [-0.3, -0.25) is 4.79 Å². The van der Waals surface area contributed by atoms with Crippen molar-refractivity contribution in [3.8, 4) is 5.75 Å². The van der Waals surface area contributed by atoms with Crippen molar-refractivity contribution < 1.29 is 14.1 Å². The molecule has 1 aliphatic rings. The van der Waals surface area contributed by atoms with Crippen LogP contribution >= 0.6 is 0 Å². The van der Waals surface area contributed by atoms with E-state index in [1.165, 1.54) is 11.9 Å². The summed E-state index contributed by atoms with van der Waals surface area (Å²) in [6.07, 6.45) is 4.10. The summed E-state index contributed by atoms with van der Waals surface area (Å²) in [5, 5.41) is 7.92. The fourth-order valence-corrected chi connectivity index (χ4v) is 3.92. The summed E-state index contributed by atoms with van der Waals surface area (Å²) in [7, 11) is 0. The van der Waals surface area contributed by atoms with Gasteiger partial charge in [0.15, 0.2) is 0 Å². The zero-order valence-corrected chi connectivity index (χ0v) is 17.4. The first-order valence-corrected chi connectivity index (χ1v) is 10.5. The van der Waals surface area contributed by atoms with E-state index in [0.717, 1.165) is 48.5 Å². The van der Waals surface area contributed by atoms with E-state index in [9.17, 15) is 4.79 Å². The lowest BCUT2D eigenvalue weighted by atomic mass is 9.96. The monoisotopic (exact) mass is 409 g/mol. The average molecular weight is 409 g/mol. The first-order valence-electron chi connectivity index (χ1n) is 10.5. The summed E-state index contributed by atoms with van der Waals surface area (Å²) in [5.74, 6) is 1.70. The molecule has 3 heterocycles. The van der Waals surface area contributed by atoms with E-state index in [1.807, 2.05) is 38.1 Å². The van der Waals surface area contributed by atoms with Crippen LogP contribution in [0.2, 0.25) is 0 Å². The van der Waals surface area contributed by atoms with E-state index in [0.29, 0.717) is 25.4 Å². The highest BCUT2D eigenvalue weighted by molar-refractivity contribution is 5.88. The molecule has 0 radical (unpaired) electrons. The molecule has 1 aromatic carbocycles. The minimum absolute atomic E-state index is 0.0655. The summed E-state index contributed by atoms with van der Waals surface area (Å²) < 4.78 is 10.7. The number of amides is 1. The number of piperidine rings is 1. The largest absolute Gasteiger partial charge is 0.494 e. The van der Waals surface area contributed by atoms with Gasteiger partial charge in [-0.05, 0) is 50.8 Å². The molecule has 1 amide bonds. The van der Waals surface area contributed by atoms with E-state index in [1.54, 1.807) is 0 Å². The predicted molar refractivity (Wildman–Crippen MR) is 114 cm³/mol. The number of hydrogen-bond acceptors (Lipinski definition) is 7. The van der Waals surface area contributed by atoms with Crippen molar-refractivity contribution in [1.82, 2.24) is 20.4 Å². The topological polar surface area (TPSA) is 93.4 Å². The van der Waals surface area contributed by atoms with Crippen molar-refractivity contribution in [2.24, 2.45) is 5.92 Å². The molecule has 8 nitrogen and oxygen atoms in total. The molecule has 1 aliphatic heterocycles. The zero-order valence-electron chi connectivity index (χ0n) is 17.4. The molecular weight excluding hydrogens is 382 g/mol. The lowest BCUT2D eigenvalue weighted by molar-refractivity contribution is -0.125. The van der Waals surface area contributed by atoms with Gasteiger partial charge in [0.2, 0.25) is 5.91 Å². The Morgan fingerprint density at radius 1 is 1.30 bits per heavy atom. The van der Waals surface area contributed by atoms with Gasteiger partial charge in [-0.25, -0.2) is 4.98 Å². The Morgan fingerprint density at radius 3 is 2.93 bits per heavy atom. The fourth-order valence-electron chi connectivity index (χ4n) is 3.92. The van der Waals surface area contributed by atoms with E-state index in [2.05, 4.69) is 25.3 Å². The molecule has 0 aliphatic carbocycles. The van der Waals surface area contributed by atoms with Crippen LogP contribution in [0.15, 0.2) is 35.1 Å². The lowest BCUT2D eigenvalue weighted by Gasteiger charge is -2.33. The number of nitrogens with one attached hydrogen (secondary N) is 1. The molecule has 1 N–H and O–H groups in total. The van der Waals surface area contributed by atoms with Gasteiger partial charge in [0.1, 0.15) is 23.3 Å². The molecule has 1 saturated heterocycles. The number of carbonyl (C=O) groups is 1. The van der Waals surface area contributed by atoms with Crippen molar-refractivity contribution in [2.75, 3.05) is 31.1 Å². The second-order valence-electron chi connectivity index (χ2n) is 7.55. The van der Waals surface area contributed by atoms with Crippen LogP contribution in [0.5, 0.6) is 5.75 Å². The molecular formula is C22H27N5O3. The van der Waals surface area contributed by atoms with Crippen molar-refractivity contribution >= 4 is 22.8 Å². The average Bonchev–Trinajstić information content (AvgIpc) is 3.16. The molecule has 3 aromatic rings. The number of aryl methyl sites for hydroxylation is 1. The maximum absolute atomic E-state index is 12.8. The SMILES string of the molecule is CCOc1ccc(CCNC(=O)[C@H]2CCCN(c3ncnc4onc(C)c34)C2)cc1. The molecule has 1 atom stereocenters. The molecule has 30 heavy (non-hydrogen) atoms. The van der Waals surface area contributed by atoms with Crippen molar-refractivity contribution in [3.63, 3.8) is 0 Å². The number of carbonyl (C=O) groups excluding carboxylic acids is 1. The number of fused-ring (bicyclic) bond motifs is 1. The third kappa shape index (κ3) is 4.37. The van der Waals surface area contributed by atoms with Crippen molar-refractivity contribution in [3.05, 3.63) is 41.9 Å². The highest BCUT2D eigenvalue weighted by Gasteiger charge is 2.28. The van der Waals surface area contributed by atoms with Gasteiger partial charge in [-0.15, -0.1) is 0 Å². The third-order valence-corrected chi connectivity index (χ3v) is 5.46. The van der Waals surface area contributed by atoms with Crippen molar-refractivity contribution in [2.45, 2.75) is 33.1 Å². The summed E-state index contributed by atoms with van der Waals surface area (Å²) in [6.45, 7) is 6.61. The van der Waals surface area contributed by atoms with E-state index in [4.69, 9.17) is 9.26 Å². The Balaban J connectivity index is 1.34. The van der Waals surface area contributed by atoms with E-state index < -0.39 is 0 Å². The molecule has 8 heteroatoms. The van der Waals surface area contributed by atoms with Crippen LogP contribution in [0.25, 0.3) is 11.1 Å². The Bertz CT molecular complexity index is 1000. The smallest absolute Gasteiger partial charge is 0.263 e. The number of hydrogen-bond donors (Lipinski definition) is 1. The standard InChI is InChI=1S/C22H27N5O3/c1-3-29-18-8-6-16(7-9-18)10-11-23-21(28)17-5-4-12-27(13-17)20-19-15(2)26-30-22(19)25-14-24-20/h6-9,14,17H,3-5,10-13H2,1-2H3,(H,23,28)/t17-/m0/s1. The Hall–Kier alpha value is -3.16. The fraction of sp³-hybridized carbons (Fsp3) is 0.455. The maximum Gasteiger partial charge on any atom is 0.263 e. The normalized spacial score (nSPS) is 16.6. The van der Waals surface area contributed by atoms with Gasteiger partial charge >= 0.3 is 0 Å². The predicted octanol–water partition coefficient (Wildman–Crippen LogP) is 2.90. The second-order valence-corrected chi connectivity index (χ2v) is 7.55. The lowest BCUT2D eigenvalue weighted by Crippen LogP contribution is -2.43. The Labute approximate surface area is 175 Å². The van der Waals surface area contributed by atoms with Gasteiger partial charge < -0.3 is 19.5 Å². The van der Waals surface area contributed by atoms with E-state index >= 15 is 0 Å². The maximum atomic E-state index is 12.8. The quantitative estimate of drug-likeness (QED) is 0.641. The zero-order chi connectivity index (χ0) is 20.9. The van der Waals surface area contributed by atoms with Gasteiger partial charge in [-0.1, -0.05) is 17.3 Å². The third-order valence-electron chi connectivity index (χ3n) is 5.46. The number of benzene rings is 1. The minimum atomic E-state index is -0.0655. The summed E-state index contributed by atoms with van der Waals surface area (Å²) in [4.78, 5) is 23.5. The van der Waals surface area contributed by atoms with Crippen LogP contribution < -0.4 is 15.0 Å². The van der Waals surface area contributed by atoms with Crippen molar-refractivity contribution in [1.29, 1.82) is 0 Å². The van der Waals surface area contributed by atoms with E-state index in [-0.39, 0.29) is 11.8 Å². The minimum Gasteiger partial charge on any atom is -0.494 e. The van der Waals surface area contributed by atoms with Crippen LogP contribution in [0.3, 0.4) is 0 Å². The van der Waals surface area contributed by atoms with Crippen LogP contribution in [-0.2, 0) is 11.2 Å². The number of nitrogens with zero attached hydrogens (tertiary/aromatic N) is 4. The number of anilines is 1. The van der Waals surface area contributed by atoms with Crippen LogP contribution in [0.1, 0.15) is 31.0 Å². The number of rotatable bonds is 7.